The van der Waals surface area contributed by atoms with E-state index in [1.807, 2.05) is 25.1 Å². The number of fused-ring (bicyclic) bond motifs is 1. The smallest absolute Gasteiger partial charge is 0.337 e. The molecule has 1 heterocycles. The molecule has 0 saturated heterocycles. The second-order valence-electron chi connectivity index (χ2n) is 7.88. The Balaban J connectivity index is 1.51. The molecule has 0 radical (unpaired) electrons. The van der Waals surface area contributed by atoms with Crippen molar-refractivity contribution in [2.45, 2.75) is 30.8 Å². The third kappa shape index (κ3) is 4.47. The molecule has 4 rings (SSSR count). The van der Waals surface area contributed by atoms with Gasteiger partial charge in [-0.1, -0.05) is 36.4 Å². The van der Waals surface area contributed by atoms with Gasteiger partial charge in [0.25, 0.3) is 15.9 Å². The molecule has 1 aliphatic rings. The zero-order valence-electron chi connectivity index (χ0n) is 18.3. The van der Waals surface area contributed by atoms with Crippen LogP contribution in [0.2, 0.25) is 0 Å². The Morgan fingerprint density at radius 1 is 1.00 bits per heavy atom. The second kappa shape index (κ2) is 9.07. The number of nitrogens with zero attached hydrogens (tertiary/aromatic N) is 1. The number of para-hydroxylation sites is 1. The highest BCUT2D eigenvalue weighted by Gasteiger charge is 2.36. The molecule has 0 aliphatic carbocycles. The van der Waals surface area contributed by atoms with Crippen LogP contribution < -0.4 is 9.62 Å². The van der Waals surface area contributed by atoms with Gasteiger partial charge in [0.2, 0.25) is 0 Å². The number of nitrogens with one attached hydrogen (secondary N) is 1. The lowest BCUT2D eigenvalue weighted by molar-refractivity contribution is 0.0600. The standard InChI is InChI=1S/C25H24N2O5S/c1-17-14-20-6-3-4-9-23(20)27(17)33(30,31)22-8-5-7-21(15-22)24(28)26-16-18-10-12-19(13-11-18)25(29)32-2/h3-13,15,17H,14,16H2,1-2H3,(H,26,28)/t17-/m0/s1. The molecule has 8 heteroatoms. The van der Waals surface area contributed by atoms with Crippen molar-refractivity contribution in [3.8, 4) is 0 Å². The zero-order valence-corrected chi connectivity index (χ0v) is 19.1. The van der Waals surface area contributed by atoms with E-state index in [0.717, 1.165) is 11.1 Å². The summed E-state index contributed by atoms with van der Waals surface area (Å²) in [5, 5.41) is 2.79. The summed E-state index contributed by atoms with van der Waals surface area (Å²) in [6, 6.07) is 20.0. The number of ether oxygens (including phenoxy) is 1. The van der Waals surface area contributed by atoms with Crippen molar-refractivity contribution in [1.82, 2.24) is 5.32 Å². The summed E-state index contributed by atoms with van der Waals surface area (Å²) in [4.78, 5) is 24.3. The molecular formula is C25H24N2O5S. The van der Waals surface area contributed by atoms with Gasteiger partial charge in [-0.15, -0.1) is 0 Å². The van der Waals surface area contributed by atoms with E-state index in [1.165, 1.54) is 23.5 Å². The number of sulfonamides is 1. The van der Waals surface area contributed by atoms with Gasteiger partial charge in [-0.05, 0) is 60.9 Å². The van der Waals surface area contributed by atoms with Gasteiger partial charge in [0.1, 0.15) is 0 Å². The van der Waals surface area contributed by atoms with Crippen LogP contribution in [-0.4, -0.2) is 33.4 Å². The number of amides is 1. The molecule has 0 unspecified atom stereocenters. The lowest BCUT2D eigenvalue weighted by Crippen LogP contribution is -2.35. The number of hydrogen-bond donors (Lipinski definition) is 1. The predicted molar refractivity (Wildman–Crippen MR) is 125 cm³/mol. The molecule has 0 spiro atoms. The number of carbonyl (C=O) groups is 2. The van der Waals surface area contributed by atoms with Gasteiger partial charge in [0, 0.05) is 18.2 Å². The summed E-state index contributed by atoms with van der Waals surface area (Å²) < 4.78 is 33.0. The maximum absolute atomic E-state index is 13.4. The Kier molecular flexibility index (Phi) is 6.20. The van der Waals surface area contributed by atoms with Crippen LogP contribution in [0.1, 0.15) is 38.8 Å². The van der Waals surface area contributed by atoms with Crippen LogP contribution >= 0.6 is 0 Å². The minimum absolute atomic E-state index is 0.0705. The molecule has 1 N–H and O–H groups in total. The van der Waals surface area contributed by atoms with Crippen LogP contribution in [0.15, 0.2) is 77.7 Å². The number of anilines is 1. The monoisotopic (exact) mass is 464 g/mol. The Morgan fingerprint density at radius 2 is 1.73 bits per heavy atom. The van der Waals surface area contributed by atoms with Gasteiger partial charge in [-0.25, -0.2) is 13.2 Å². The molecule has 7 nitrogen and oxygen atoms in total. The molecule has 0 fully saturated rings. The van der Waals surface area contributed by atoms with E-state index < -0.39 is 16.0 Å². The Bertz CT molecular complexity index is 1300. The first-order chi connectivity index (χ1) is 15.8. The van der Waals surface area contributed by atoms with E-state index in [2.05, 4.69) is 10.1 Å². The SMILES string of the molecule is COC(=O)c1ccc(CNC(=O)c2cccc(S(=O)(=O)N3c4ccccc4C[C@@H]3C)c2)cc1. The maximum Gasteiger partial charge on any atom is 0.337 e. The van der Waals surface area contributed by atoms with Crippen molar-refractivity contribution in [2.24, 2.45) is 0 Å². The lowest BCUT2D eigenvalue weighted by atomic mass is 10.1. The van der Waals surface area contributed by atoms with Crippen LogP contribution in [0.25, 0.3) is 0 Å². The van der Waals surface area contributed by atoms with Crippen LogP contribution in [0.5, 0.6) is 0 Å². The first kappa shape index (κ1) is 22.5. The molecule has 1 atom stereocenters. The fraction of sp³-hybridized carbons (Fsp3) is 0.200. The van der Waals surface area contributed by atoms with Crippen molar-refractivity contribution < 1.29 is 22.7 Å². The second-order valence-corrected chi connectivity index (χ2v) is 9.70. The molecule has 0 saturated carbocycles. The van der Waals surface area contributed by atoms with Crippen LogP contribution in [0, 0.1) is 0 Å². The molecule has 3 aromatic rings. The maximum atomic E-state index is 13.4. The van der Waals surface area contributed by atoms with Crippen molar-refractivity contribution in [3.05, 3.63) is 95.1 Å². The zero-order chi connectivity index (χ0) is 23.6. The number of carbonyl (C=O) groups excluding carboxylic acids is 2. The predicted octanol–water partition coefficient (Wildman–Crippen LogP) is 3.54. The number of benzene rings is 3. The molecule has 1 aliphatic heterocycles. The van der Waals surface area contributed by atoms with Crippen molar-refractivity contribution in [2.75, 3.05) is 11.4 Å². The van der Waals surface area contributed by atoms with Gasteiger partial charge < -0.3 is 10.1 Å². The minimum Gasteiger partial charge on any atom is -0.465 e. The Morgan fingerprint density at radius 3 is 2.45 bits per heavy atom. The fourth-order valence-electron chi connectivity index (χ4n) is 3.98. The van der Waals surface area contributed by atoms with Crippen LogP contribution in [-0.2, 0) is 27.7 Å². The van der Waals surface area contributed by atoms with Gasteiger partial charge in [-0.2, -0.15) is 0 Å². The number of rotatable bonds is 6. The Labute approximate surface area is 193 Å². The molecule has 1 amide bonds. The number of methoxy groups -OCH3 is 1. The largest absolute Gasteiger partial charge is 0.465 e. The molecule has 170 valence electrons. The number of esters is 1. The highest BCUT2D eigenvalue weighted by molar-refractivity contribution is 7.92. The van der Waals surface area contributed by atoms with Gasteiger partial charge >= 0.3 is 5.97 Å². The quantitative estimate of drug-likeness (QED) is 0.564. The van der Waals surface area contributed by atoms with E-state index in [-0.39, 0.29) is 29.0 Å². The third-order valence-corrected chi connectivity index (χ3v) is 7.55. The van der Waals surface area contributed by atoms with E-state index in [0.29, 0.717) is 17.7 Å². The summed E-state index contributed by atoms with van der Waals surface area (Å²) in [5.41, 5.74) is 3.13. The van der Waals surface area contributed by atoms with E-state index in [4.69, 9.17) is 0 Å². The minimum atomic E-state index is -3.83. The molecule has 33 heavy (non-hydrogen) atoms. The van der Waals surface area contributed by atoms with Crippen LogP contribution in [0.4, 0.5) is 5.69 Å². The summed E-state index contributed by atoms with van der Waals surface area (Å²) in [5.74, 6) is -0.822. The average Bonchev–Trinajstić information content (AvgIpc) is 3.18. The topological polar surface area (TPSA) is 92.8 Å². The highest BCUT2D eigenvalue weighted by Crippen LogP contribution is 2.36. The number of hydrogen-bond acceptors (Lipinski definition) is 5. The summed E-state index contributed by atoms with van der Waals surface area (Å²) in [6.07, 6.45) is 0.643. The van der Waals surface area contributed by atoms with Crippen molar-refractivity contribution in [3.63, 3.8) is 0 Å². The molecule has 0 aromatic heterocycles. The van der Waals surface area contributed by atoms with E-state index in [9.17, 15) is 18.0 Å². The fourth-order valence-corrected chi connectivity index (χ4v) is 5.71. The van der Waals surface area contributed by atoms with E-state index >= 15 is 0 Å². The third-order valence-electron chi connectivity index (χ3n) is 5.63. The normalized spacial score (nSPS) is 15.1. The first-order valence-electron chi connectivity index (χ1n) is 10.5. The van der Waals surface area contributed by atoms with Crippen LogP contribution in [0.3, 0.4) is 0 Å². The average molecular weight is 465 g/mol. The molecule has 0 bridgehead atoms. The van der Waals surface area contributed by atoms with E-state index in [1.54, 1.807) is 42.5 Å². The first-order valence-corrected chi connectivity index (χ1v) is 11.9. The molecular weight excluding hydrogens is 440 g/mol. The molecule has 3 aromatic carbocycles. The highest BCUT2D eigenvalue weighted by atomic mass is 32.2. The lowest BCUT2D eigenvalue weighted by Gasteiger charge is -2.24. The van der Waals surface area contributed by atoms with Crippen molar-refractivity contribution in [1.29, 1.82) is 0 Å². The van der Waals surface area contributed by atoms with Gasteiger partial charge in [0.05, 0.1) is 23.3 Å². The Hall–Kier alpha value is -3.65. The van der Waals surface area contributed by atoms with Gasteiger partial charge in [0.15, 0.2) is 0 Å². The van der Waals surface area contributed by atoms with Crippen molar-refractivity contribution >= 4 is 27.6 Å². The summed E-state index contributed by atoms with van der Waals surface area (Å²) >= 11 is 0. The van der Waals surface area contributed by atoms with Gasteiger partial charge in [-0.3, -0.25) is 9.10 Å². The summed E-state index contributed by atoms with van der Waals surface area (Å²) in [7, 11) is -2.52. The summed E-state index contributed by atoms with van der Waals surface area (Å²) in [6.45, 7) is 2.10.